The van der Waals surface area contributed by atoms with Gasteiger partial charge in [0.25, 0.3) is 0 Å². The van der Waals surface area contributed by atoms with Crippen LogP contribution in [0.4, 0.5) is 0 Å². The molecule has 1 aromatic heterocycles. The molecule has 1 amide bonds. The van der Waals surface area contributed by atoms with Crippen LogP contribution < -0.4 is 15.8 Å². The standard InChI is InChI=1S/C17H22N4O2/c1-19-17(22)14-8-12(18)9-21(14)10-13-7-6-11-4-3-5-15(23-2)16(11)20-13/h3-7,12,14H,8-10,18H2,1-2H3,(H,19,22)/t12-,14-/m0/s1. The molecule has 6 heteroatoms. The lowest BCUT2D eigenvalue weighted by Gasteiger charge is -2.22. The summed E-state index contributed by atoms with van der Waals surface area (Å²) in [5.41, 5.74) is 7.78. The molecule has 1 saturated heterocycles. The van der Waals surface area contributed by atoms with Crippen molar-refractivity contribution in [1.29, 1.82) is 0 Å². The highest BCUT2D eigenvalue weighted by atomic mass is 16.5. The molecule has 2 heterocycles. The molecular formula is C17H22N4O2. The predicted molar refractivity (Wildman–Crippen MR) is 89.2 cm³/mol. The number of likely N-dealkylation sites (N-methyl/N-ethyl adjacent to an activating group) is 1. The Bertz CT molecular complexity index is 719. The summed E-state index contributed by atoms with van der Waals surface area (Å²) in [7, 11) is 3.30. The van der Waals surface area contributed by atoms with Gasteiger partial charge in [-0.15, -0.1) is 0 Å². The molecule has 2 aromatic rings. The second-order valence-electron chi connectivity index (χ2n) is 5.89. The largest absolute Gasteiger partial charge is 0.494 e. The van der Waals surface area contributed by atoms with Gasteiger partial charge in [0.15, 0.2) is 0 Å². The third-order valence-electron chi connectivity index (χ3n) is 4.31. The molecule has 0 saturated carbocycles. The lowest BCUT2D eigenvalue weighted by Crippen LogP contribution is -2.41. The van der Waals surface area contributed by atoms with E-state index in [1.807, 2.05) is 30.3 Å². The maximum atomic E-state index is 12.0. The van der Waals surface area contributed by atoms with E-state index >= 15 is 0 Å². The highest BCUT2D eigenvalue weighted by Crippen LogP contribution is 2.25. The smallest absolute Gasteiger partial charge is 0.237 e. The minimum absolute atomic E-state index is 0.0105. The molecule has 1 aliphatic rings. The van der Waals surface area contributed by atoms with Crippen molar-refractivity contribution in [2.24, 2.45) is 5.73 Å². The molecule has 3 N–H and O–H groups in total. The Balaban J connectivity index is 1.87. The summed E-state index contributed by atoms with van der Waals surface area (Å²) in [6.07, 6.45) is 0.677. The van der Waals surface area contributed by atoms with Crippen molar-refractivity contribution in [3.8, 4) is 5.75 Å². The number of fused-ring (bicyclic) bond motifs is 1. The Labute approximate surface area is 135 Å². The SMILES string of the molecule is CNC(=O)[C@@H]1C[C@H](N)CN1Cc1ccc2cccc(OC)c2n1. The quantitative estimate of drug-likeness (QED) is 0.876. The van der Waals surface area contributed by atoms with Crippen LogP contribution >= 0.6 is 0 Å². The molecule has 0 radical (unpaired) electrons. The number of nitrogens with two attached hydrogens (primary N) is 1. The number of aromatic nitrogens is 1. The zero-order valence-electron chi connectivity index (χ0n) is 13.5. The highest BCUT2D eigenvalue weighted by Gasteiger charge is 2.34. The average Bonchev–Trinajstić information content (AvgIpc) is 2.93. The first kappa shape index (κ1) is 15.7. The van der Waals surface area contributed by atoms with Crippen LogP contribution in [-0.2, 0) is 11.3 Å². The fourth-order valence-electron chi connectivity index (χ4n) is 3.17. The first-order valence-corrected chi connectivity index (χ1v) is 7.76. The number of amides is 1. The van der Waals surface area contributed by atoms with Gasteiger partial charge in [0.1, 0.15) is 11.3 Å². The van der Waals surface area contributed by atoms with Crippen molar-refractivity contribution in [3.63, 3.8) is 0 Å². The number of rotatable bonds is 4. The van der Waals surface area contributed by atoms with Gasteiger partial charge in [-0.1, -0.05) is 18.2 Å². The van der Waals surface area contributed by atoms with E-state index in [9.17, 15) is 4.79 Å². The van der Waals surface area contributed by atoms with Gasteiger partial charge in [-0.05, 0) is 18.6 Å². The molecule has 2 atom stereocenters. The van der Waals surface area contributed by atoms with Crippen LogP contribution in [0.2, 0.25) is 0 Å². The van der Waals surface area contributed by atoms with E-state index in [-0.39, 0.29) is 18.0 Å². The second-order valence-corrected chi connectivity index (χ2v) is 5.89. The molecule has 23 heavy (non-hydrogen) atoms. The molecule has 1 fully saturated rings. The summed E-state index contributed by atoms with van der Waals surface area (Å²) in [6, 6.07) is 9.71. The fraction of sp³-hybridized carbons (Fsp3) is 0.412. The third-order valence-corrected chi connectivity index (χ3v) is 4.31. The summed E-state index contributed by atoms with van der Waals surface area (Å²) in [4.78, 5) is 18.8. The van der Waals surface area contributed by atoms with E-state index in [1.54, 1.807) is 14.2 Å². The Morgan fingerprint density at radius 1 is 1.43 bits per heavy atom. The van der Waals surface area contributed by atoms with Crippen LogP contribution in [0, 0.1) is 0 Å². The first-order valence-electron chi connectivity index (χ1n) is 7.76. The molecule has 1 aromatic carbocycles. The summed E-state index contributed by atoms with van der Waals surface area (Å²) >= 11 is 0. The van der Waals surface area contributed by atoms with Gasteiger partial charge in [0, 0.05) is 31.6 Å². The van der Waals surface area contributed by atoms with Gasteiger partial charge in [0.05, 0.1) is 18.8 Å². The Morgan fingerprint density at radius 3 is 3.00 bits per heavy atom. The van der Waals surface area contributed by atoms with Crippen molar-refractivity contribution in [2.45, 2.75) is 25.0 Å². The number of para-hydroxylation sites is 1. The zero-order valence-corrected chi connectivity index (χ0v) is 13.5. The van der Waals surface area contributed by atoms with E-state index in [2.05, 4.69) is 10.2 Å². The van der Waals surface area contributed by atoms with E-state index in [4.69, 9.17) is 15.5 Å². The molecule has 0 spiro atoms. The number of nitrogens with one attached hydrogen (secondary N) is 1. The summed E-state index contributed by atoms with van der Waals surface area (Å²) in [5, 5.41) is 3.75. The fourth-order valence-corrected chi connectivity index (χ4v) is 3.17. The van der Waals surface area contributed by atoms with Crippen molar-refractivity contribution in [1.82, 2.24) is 15.2 Å². The zero-order chi connectivity index (χ0) is 16.4. The number of hydrogen-bond acceptors (Lipinski definition) is 5. The van der Waals surface area contributed by atoms with Crippen molar-refractivity contribution in [2.75, 3.05) is 20.7 Å². The Kier molecular flexibility index (Phi) is 4.45. The van der Waals surface area contributed by atoms with Crippen LogP contribution in [0.25, 0.3) is 10.9 Å². The topological polar surface area (TPSA) is 80.5 Å². The molecular weight excluding hydrogens is 292 g/mol. The third kappa shape index (κ3) is 3.13. The Hall–Kier alpha value is -2.18. The number of ether oxygens (including phenoxy) is 1. The lowest BCUT2D eigenvalue weighted by molar-refractivity contribution is -0.125. The Morgan fingerprint density at radius 2 is 2.26 bits per heavy atom. The predicted octanol–water partition coefficient (Wildman–Crippen LogP) is 0.891. The van der Waals surface area contributed by atoms with Crippen molar-refractivity contribution in [3.05, 3.63) is 36.0 Å². The molecule has 122 valence electrons. The van der Waals surface area contributed by atoms with Crippen LogP contribution in [0.5, 0.6) is 5.75 Å². The molecule has 1 aliphatic heterocycles. The van der Waals surface area contributed by atoms with E-state index < -0.39 is 0 Å². The minimum Gasteiger partial charge on any atom is -0.494 e. The first-order chi connectivity index (χ1) is 11.1. The van der Waals surface area contributed by atoms with Gasteiger partial charge in [-0.25, -0.2) is 4.98 Å². The van der Waals surface area contributed by atoms with Crippen LogP contribution in [-0.4, -0.2) is 48.6 Å². The summed E-state index contributed by atoms with van der Waals surface area (Å²) < 4.78 is 5.39. The van der Waals surface area contributed by atoms with E-state index in [0.29, 0.717) is 19.5 Å². The molecule has 0 bridgehead atoms. The summed E-state index contributed by atoms with van der Waals surface area (Å²) in [6.45, 7) is 1.30. The van der Waals surface area contributed by atoms with Gasteiger partial charge < -0.3 is 15.8 Å². The maximum Gasteiger partial charge on any atom is 0.237 e. The number of carbonyl (C=O) groups excluding carboxylic acids is 1. The van der Waals surface area contributed by atoms with E-state index in [0.717, 1.165) is 22.3 Å². The van der Waals surface area contributed by atoms with Crippen molar-refractivity contribution < 1.29 is 9.53 Å². The second kappa shape index (κ2) is 6.52. The maximum absolute atomic E-state index is 12.0. The monoisotopic (exact) mass is 314 g/mol. The van der Waals surface area contributed by atoms with Crippen LogP contribution in [0.1, 0.15) is 12.1 Å². The van der Waals surface area contributed by atoms with E-state index in [1.165, 1.54) is 0 Å². The minimum atomic E-state index is -0.190. The van der Waals surface area contributed by atoms with Gasteiger partial charge in [-0.2, -0.15) is 0 Å². The number of hydrogen-bond donors (Lipinski definition) is 2. The number of carbonyl (C=O) groups is 1. The number of nitrogens with zero attached hydrogens (tertiary/aromatic N) is 2. The lowest BCUT2D eigenvalue weighted by atomic mass is 10.1. The summed E-state index contributed by atoms with van der Waals surface area (Å²) in [5.74, 6) is 0.765. The molecule has 0 unspecified atom stereocenters. The number of benzene rings is 1. The highest BCUT2D eigenvalue weighted by molar-refractivity contribution is 5.84. The average molecular weight is 314 g/mol. The molecule has 0 aliphatic carbocycles. The van der Waals surface area contributed by atoms with Crippen LogP contribution in [0.3, 0.4) is 0 Å². The van der Waals surface area contributed by atoms with Crippen molar-refractivity contribution >= 4 is 16.8 Å². The number of pyridine rings is 1. The normalized spacial score (nSPS) is 21.5. The number of methoxy groups -OCH3 is 1. The number of likely N-dealkylation sites (tertiary alicyclic amines) is 1. The van der Waals surface area contributed by atoms with Gasteiger partial charge in [-0.3, -0.25) is 9.69 Å². The molecule has 6 nitrogen and oxygen atoms in total. The molecule has 3 rings (SSSR count). The van der Waals surface area contributed by atoms with Gasteiger partial charge >= 0.3 is 0 Å². The van der Waals surface area contributed by atoms with Crippen LogP contribution in [0.15, 0.2) is 30.3 Å². The van der Waals surface area contributed by atoms with Gasteiger partial charge in [0.2, 0.25) is 5.91 Å².